The van der Waals surface area contributed by atoms with Crippen molar-refractivity contribution in [3.8, 4) is 5.75 Å². The predicted octanol–water partition coefficient (Wildman–Crippen LogP) is 2.33. The highest BCUT2D eigenvalue weighted by molar-refractivity contribution is 5.28. The Kier molecular flexibility index (Phi) is 6.01. The van der Waals surface area contributed by atoms with E-state index in [1.165, 1.54) is 5.56 Å². The molecule has 1 atom stereocenters. The summed E-state index contributed by atoms with van der Waals surface area (Å²) in [5.41, 5.74) is 6.72. The first-order chi connectivity index (χ1) is 8.13. The third kappa shape index (κ3) is 5.20. The molecule has 3 nitrogen and oxygen atoms in total. The molecule has 1 aromatic carbocycles. The molecular weight excluding hydrogens is 212 g/mol. The molecule has 1 aromatic rings. The molecule has 0 heterocycles. The van der Waals surface area contributed by atoms with Crippen molar-refractivity contribution in [2.45, 2.75) is 26.8 Å². The van der Waals surface area contributed by atoms with Crippen LogP contribution in [-0.4, -0.2) is 19.7 Å². The Bertz CT molecular complexity index is 309. The van der Waals surface area contributed by atoms with Crippen molar-refractivity contribution in [3.05, 3.63) is 29.8 Å². The molecule has 1 unspecified atom stereocenters. The number of benzene rings is 1. The van der Waals surface area contributed by atoms with Gasteiger partial charge in [-0.3, -0.25) is 0 Å². The van der Waals surface area contributed by atoms with Gasteiger partial charge in [0.15, 0.2) is 0 Å². The van der Waals surface area contributed by atoms with E-state index in [0.29, 0.717) is 18.5 Å². The van der Waals surface area contributed by atoms with Crippen LogP contribution in [-0.2, 0) is 0 Å². The number of hydrogen-bond acceptors (Lipinski definition) is 3. The van der Waals surface area contributed by atoms with Gasteiger partial charge in [0.25, 0.3) is 0 Å². The van der Waals surface area contributed by atoms with E-state index in [-0.39, 0.29) is 0 Å². The van der Waals surface area contributed by atoms with Crippen LogP contribution < -0.4 is 15.8 Å². The second kappa shape index (κ2) is 7.30. The molecule has 0 amide bonds. The summed E-state index contributed by atoms with van der Waals surface area (Å²) in [5.74, 6) is 1.49. The molecule has 0 fully saturated rings. The molecule has 0 aliphatic carbocycles. The van der Waals surface area contributed by atoms with Crippen LogP contribution in [0.4, 0.5) is 0 Å². The summed E-state index contributed by atoms with van der Waals surface area (Å²) in [6.07, 6.45) is 0. The zero-order valence-corrected chi connectivity index (χ0v) is 11.1. The molecule has 0 radical (unpaired) electrons. The van der Waals surface area contributed by atoms with E-state index >= 15 is 0 Å². The largest absolute Gasteiger partial charge is 0.493 e. The van der Waals surface area contributed by atoms with Gasteiger partial charge in [-0.1, -0.05) is 26.0 Å². The average molecular weight is 236 g/mol. The molecule has 0 bridgehead atoms. The number of ether oxygens (including phenoxy) is 1. The molecule has 17 heavy (non-hydrogen) atoms. The first-order valence-electron chi connectivity index (χ1n) is 6.29. The van der Waals surface area contributed by atoms with Gasteiger partial charge >= 0.3 is 0 Å². The number of nitrogens with two attached hydrogens (primary N) is 1. The fourth-order valence-electron chi connectivity index (χ4n) is 1.53. The Morgan fingerprint density at radius 1 is 1.18 bits per heavy atom. The summed E-state index contributed by atoms with van der Waals surface area (Å²) >= 11 is 0. The first-order valence-corrected chi connectivity index (χ1v) is 6.29. The van der Waals surface area contributed by atoms with Gasteiger partial charge in [0.2, 0.25) is 0 Å². The quantitative estimate of drug-likeness (QED) is 0.764. The highest BCUT2D eigenvalue weighted by Crippen LogP contribution is 2.17. The Labute approximate surface area is 104 Å². The topological polar surface area (TPSA) is 47.3 Å². The molecule has 0 saturated heterocycles. The highest BCUT2D eigenvalue weighted by Gasteiger charge is 2.04. The Balaban J connectivity index is 2.49. The van der Waals surface area contributed by atoms with Gasteiger partial charge in [-0.05, 0) is 30.5 Å². The molecule has 3 N–H and O–H groups in total. The maximum Gasteiger partial charge on any atom is 0.119 e. The summed E-state index contributed by atoms with van der Waals surface area (Å²) in [4.78, 5) is 0. The lowest BCUT2D eigenvalue weighted by atomic mass is 10.1. The lowest BCUT2D eigenvalue weighted by Crippen LogP contribution is -2.25. The maximum atomic E-state index is 5.64. The van der Waals surface area contributed by atoms with Gasteiger partial charge in [0, 0.05) is 19.1 Å². The zero-order chi connectivity index (χ0) is 12.7. The fraction of sp³-hybridized carbons (Fsp3) is 0.571. The summed E-state index contributed by atoms with van der Waals surface area (Å²) < 4.78 is 5.64. The summed E-state index contributed by atoms with van der Waals surface area (Å²) in [6.45, 7) is 8.70. The number of rotatable bonds is 7. The van der Waals surface area contributed by atoms with Crippen LogP contribution in [0.25, 0.3) is 0 Å². The normalized spacial score (nSPS) is 12.8. The van der Waals surface area contributed by atoms with Crippen molar-refractivity contribution in [2.75, 3.05) is 19.7 Å². The van der Waals surface area contributed by atoms with E-state index in [4.69, 9.17) is 10.5 Å². The van der Waals surface area contributed by atoms with Crippen LogP contribution in [0, 0.1) is 5.92 Å². The van der Waals surface area contributed by atoms with Crippen molar-refractivity contribution < 1.29 is 4.74 Å². The van der Waals surface area contributed by atoms with E-state index in [2.05, 4.69) is 38.2 Å². The molecule has 1 rings (SSSR count). The summed E-state index contributed by atoms with van der Waals surface area (Å²) in [6, 6.07) is 8.59. The zero-order valence-electron chi connectivity index (χ0n) is 11.1. The number of nitrogens with one attached hydrogen (secondary N) is 1. The van der Waals surface area contributed by atoms with E-state index < -0.39 is 0 Å². The van der Waals surface area contributed by atoms with Crippen molar-refractivity contribution >= 4 is 0 Å². The minimum atomic E-state index is 0.331. The predicted molar refractivity (Wildman–Crippen MR) is 72.2 cm³/mol. The highest BCUT2D eigenvalue weighted by atomic mass is 16.5. The molecule has 0 saturated carbocycles. The van der Waals surface area contributed by atoms with Crippen LogP contribution >= 0.6 is 0 Å². The second-order valence-corrected chi connectivity index (χ2v) is 4.74. The molecule has 0 aliphatic heterocycles. The minimum Gasteiger partial charge on any atom is -0.493 e. The van der Waals surface area contributed by atoms with E-state index in [1.54, 1.807) is 0 Å². The molecule has 3 heteroatoms. The van der Waals surface area contributed by atoms with Gasteiger partial charge in [-0.15, -0.1) is 0 Å². The summed E-state index contributed by atoms with van der Waals surface area (Å²) in [5, 5.41) is 3.35. The maximum absolute atomic E-state index is 5.64. The standard InChI is InChI=1S/C14H24N2O/c1-11(2)10-17-14-6-4-13(5-7-14)12(3)16-9-8-15/h4-7,11-12,16H,8-10,15H2,1-3H3. The van der Waals surface area contributed by atoms with Crippen LogP contribution in [0.15, 0.2) is 24.3 Å². The Hall–Kier alpha value is -1.06. The Morgan fingerprint density at radius 3 is 2.35 bits per heavy atom. The average Bonchev–Trinajstić information content (AvgIpc) is 2.34. The lowest BCUT2D eigenvalue weighted by molar-refractivity contribution is 0.271. The first kappa shape index (κ1) is 14.0. The smallest absolute Gasteiger partial charge is 0.119 e. The van der Waals surface area contributed by atoms with Crippen molar-refractivity contribution in [2.24, 2.45) is 11.7 Å². The van der Waals surface area contributed by atoms with Gasteiger partial charge in [0.1, 0.15) is 5.75 Å². The molecular formula is C14H24N2O. The van der Waals surface area contributed by atoms with Gasteiger partial charge in [0.05, 0.1) is 6.61 Å². The molecule has 96 valence electrons. The van der Waals surface area contributed by atoms with Crippen LogP contribution in [0.3, 0.4) is 0 Å². The Morgan fingerprint density at radius 2 is 1.82 bits per heavy atom. The SMILES string of the molecule is CC(C)COc1ccc(C(C)NCCN)cc1. The minimum absolute atomic E-state index is 0.331. The fourth-order valence-corrected chi connectivity index (χ4v) is 1.53. The molecule has 0 spiro atoms. The van der Waals surface area contributed by atoms with Crippen LogP contribution in [0.1, 0.15) is 32.4 Å². The third-order valence-electron chi connectivity index (χ3n) is 2.56. The second-order valence-electron chi connectivity index (χ2n) is 4.74. The molecule has 0 aromatic heterocycles. The van der Waals surface area contributed by atoms with Crippen molar-refractivity contribution in [1.29, 1.82) is 0 Å². The number of hydrogen-bond donors (Lipinski definition) is 2. The molecule has 0 aliphatic rings. The van der Waals surface area contributed by atoms with E-state index in [0.717, 1.165) is 18.9 Å². The van der Waals surface area contributed by atoms with E-state index in [9.17, 15) is 0 Å². The summed E-state index contributed by atoms with van der Waals surface area (Å²) in [7, 11) is 0. The lowest BCUT2D eigenvalue weighted by Gasteiger charge is -2.14. The van der Waals surface area contributed by atoms with Gasteiger partial charge in [-0.2, -0.15) is 0 Å². The third-order valence-corrected chi connectivity index (χ3v) is 2.56. The monoisotopic (exact) mass is 236 g/mol. The van der Waals surface area contributed by atoms with Crippen LogP contribution in [0.5, 0.6) is 5.75 Å². The van der Waals surface area contributed by atoms with Crippen molar-refractivity contribution in [1.82, 2.24) is 5.32 Å². The van der Waals surface area contributed by atoms with Gasteiger partial charge < -0.3 is 15.8 Å². The van der Waals surface area contributed by atoms with Crippen molar-refractivity contribution in [3.63, 3.8) is 0 Å². The van der Waals surface area contributed by atoms with E-state index in [1.807, 2.05) is 12.1 Å². The van der Waals surface area contributed by atoms with Crippen LogP contribution in [0.2, 0.25) is 0 Å². The van der Waals surface area contributed by atoms with Gasteiger partial charge in [-0.25, -0.2) is 0 Å².